The van der Waals surface area contributed by atoms with Crippen LogP contribution >= 0.6 is 43.5 Å². The molecule has 0 amide bonds. The molecule has 2 rings (SSSR count). The summed E-state index contributed by atoms with van der Waals surface area (Å²) in [4.78, 5) is 4.05. The Morgan fingerprint density at radius 1 is 1.32 bits per heavy atom. The van der Waals surface area contributed by atoms with Crippen LogP contribution in [0.5, 0.6) is 0 Å². The molecule has 1 aromatic heterocycles. The maximum Gasteiger partial charge on any atom is 0.152 e. The third-order valence-corrected chi connectivity index (χ3v) is 4.03. The molecule has 1 N–H and O–H groups in total. The Labute approximate surface area is 132 Å². The van der Waals surface area contributed by atoms with Gasteiger partial charge in [0.2, 0.25) is 0 Å². The molecule has 0 aliphatic heterocycles. The summed E-state index contributed by atoms with van der Waals surface area (Å²) in [7, 11) is 0. The standard InChI is InChI=1S/C13H10Br2ClFN2/c1-7(10-3-2-9(17)5-11(10)15)19-12-4-8(14)6-18-13(12)16/h2-7,19H,1H3. The average molecular weight is 408 g/mol. The van der Waals surface area contributed by atoms with Crippen LogP contribution in [0.25, 0.3) is 0 Å². The Morgan fingerprint density at radius 3 is 2.74 bits per heavy atom. The molecule has 0 aliphatic carbocycles. The van der Waals surface area contributed by atoms with Gasteiger partial charge in [0.05, 0.1) is 5.69 Å². The maximum atomic E-state index is 13.1. The lowest BCUT2D eigenvalue weighted by Gasteiger charge is -2.18. The van der Waals surface area contributed by atoms with Gasteiger partial charge in [0.25, 0.3) is 0 Å². The smallest absolute Gasteiger partial charge is 0.152 e. The van der Waals surface area contributed by atoms with E-state index in [1.165, 1.54) is 12.1 Å². The van der Waals surface area contributed by atoms with Crippen LogP contribution in [-0.2, 0) is 0 Å². The summed E-state index contributed by atoms with van der Waals surface area (Å²) >= 11 is 12.7. The zero-order valence-corrected chi connectivity index (χ0v) is 13.9. The van der Waals surface area contributed by atoms with Gasteiger partial charge in [-0.1, -0.05) is 33.6 Å². The summed E-state index contributed by atoms with van der Waals surface area (Å²) in [5.74, 6) is -0.273. The van der Waals surface area contributed by atoms with Crippen molar-refractivity contribution in [2.24, 2.45) is 0 Å². The van der Waals surface area contributed by atoms with E-state index in [2.05, 4.69) is 42.2 Å². The van der Waals surface area contributed by atoms with Crippen molar-refractivity contribution >= 4 is 49.1 Å². The molecule has 2 aromatic rings. The van der Waals surface area contributed by atoms with Gasteiger partial charge >= 0.3 is 0 Å². The quantitative estimate of drug-likeness (QED) is 0.672. The van der Waals surface area contributed by atoms with E-state index in [-0.39, 0.29) is 11.9 Å². The molecule has 19 heavy (non-hydrogen) atoms. The predicted octanol–water partition coefficient (Wildman–Crippen LogP) is 5.57. The normalized spacial score (nSPS) is 12.3. The highest BCUT2D eigenvalue weighted by molar-refractivity contribution is 9.10. The average Bonchev–Trinajstić information content (AvgIpc) is 2.33. The van der Waals surface area contributed by atoms with Crippen LogP contribution in [0, 0.1) is 5.82 Å². The zero-order chi connectivity index (χ0) is 14.0. The summed E-state index contributed by atoms with van der Waals surface area (Å²) < 4.78 is 14.6. The van der Waals surface area contributed by atoms with E-state index in [0.29, 0.717) is 9.63 Å². The van der Waals surface area contributed by atoms with E-state index in [0.717, 1.165) is 15.7 Å². The predicted molar refractivity (Wildman–Crippen MR) is 83.1 cm³/mol. The largest absolute Gasteiger partial charge is 0.376 e. The first-order valence-corrected chi connectivity index (χ1v) is 7.46. The van der Waals surface area contributed by atoms with Crippen molar-refractivity contribution < 1.29 is 4.39 Å². The molecule has 0 fully saturated rings. The first-order chi connectivity index (χ1) is 8.97. The molecule has 0 spiro atoms. The lowest BCUT2D eigenvalue weighted by atomic mass is 10.1. The molecule has 0 saturated carbocycles. The number of halogens is 4. The molecule has 0 saturated heterocycles. The van der Waals surface area contributed by atoms with Crippen molar-refractivity contribution in [1.82, 2.24) is 4.98 Å². The summed E-state index contributed by atoms with van der Waals surface area (Å²) in [5, 5.41) is 3.65. The van der Waals surface area contributed by atoms with Gasteiger partial charge in [0.15, 0.2) is 5.15 Å². The lowest BCUT2D eigenvalue weighted by molar-refractivity contribution is 0.625. The Morgan fingerprint density at radius 2 is 2.05 bits per heavy atom. The van der Waals surface area contributed by atoms with E-state index in [4.69, 9.17) is 11.6 Å². The van der Waals surface area contributed by atoms with Gasteiger partial charge in [-0.3, -0.25) is 0 Å². The lowest BCUT2D eigenvalue weighted by Crippen LogP contribution is -2.08. The second kappa shape index (κ2) is 6.20. The molecule has 100 valence electrons. The highest BCUT2D eigenvalue weighted by Gasteiger charge is 2.12. The van der Waals surface area contributed by atoms with Crippen LogP contribution in [0.2, 0.25) is 5.15 Å². The number of nitrogens with zero attached hydrogens (tertiary/aromatic N) is 1. The molecule has 0 radical (unpaired) electrons. The first-order valence-electron chi connectivity index (χ1n) is 5.50. The molecule has 0 bridgehead atoms. The number of aromatic nitrogens is 1. The number of rotatable bonds is 3. The van der Waals surface area contributed by atoms with Gasteiger partial charge in [-0.15, -0.1) is 0 Å². The highest BCUT2D eigenvalue weighted by atomic mass is 79.9. The minimum atomic E-state index is -0.273. The molecule has 1 aromatic carbocycles. The van der Waals surface area contributed by atoms with Crippen LogP contribution < -0.4 is 5.32 Å². The van der Waals surface area contributed by atoms with Crippen LogP contribution in [0.1, 0.15) is 18.5 Å². The minimum absolute atomic E-state index is 0.0384. The van der Waals surface area contributed by atoms with E-state index in [9.17, 15) is 4.39 Å². The van der Waals surface area contributed by atoms with E-state index in [1.807, 2.05) is 13.0 Å². The molecule has 0 aliphatic rings. The first kappa shape index (κ1) is 14.8. The number of benzene rings is 1. The summed E-state index contributed by atoms with van der Waals surface area (Å²) in [6, 6.07) is 6.41. The fourth-order valence-corrected chi connectivity index (χ4v) is 2.87. The SMILES string of the molecule is CC(Nc1cc(Br)cnc1Cl)c1ccc(F)cc1Br. The molecule has 1 unspecified atom stereocenters. The van der Waals surface area contributed by atoms with E-state index < -0.39 is 0 Å². The number of pyridine rings is 1. The Kier molecular flexibility index (Phi) is 4.81. The minimum Gasteiger partial charge on any atom is -0.376 e. The van der Waals surface area contributed by atoms with Crippen LogP contribution in [0.3, 0.4) is 0 Å². The monoisotopic (exact) mass is 406 g/mol. The Balaban J connectivity index is 2.25. The van der Waals surface area contributed by atoms with Gasteiger partial charge in [-0.2, -0.15) is 0 Å². The summed E-state index contributed by atoms with van der Waals surface area (Å²) in [6.07, 6.45) is 1.63. The van der Waals surface area contributed by atoms with Crippen molar-refractivity contribution in [1.29, 1.82) is 0 Å². The number of nitrogens with one attached hydrogen (secondary N) is 1. The van der Waals surface area contributed by atoms with Gasteiger partial charge in [0, 0.05) is 21.2 Å². The number of hydrogen-bond donors (Lipinski definition) is 1. The zero-order valence-electron chi connectivity index (χ0n) is 9.92. The van der Waals surface area contributed by atoms with Gasteiger partial charge in [-0.25, -0.2) is 9.37 Å². The molecule has 1 atom stereocenters. The van der Waals surface area contributed by atoms with Gasteiger partial charge in [-0.05, 0) is 46.6 Å². The number of anilines is 1. The van der Waals surface area contributed by atoms with E-state index in [1.54, 1.807) is 12.3 Å². The molecular weight excluding hydrogens is 398 g/mol. The van der Waals surface area contributed by atoms with Gasteiger partial charge < -0.3 is 5.32 Å². The third kappa shape index (κ3) is 3.68. The van der Waals surface area contributed by atoms with Crippen molar-refractivity contribution in [2.45, 2.75) is 13.0 Å². The van der Waals surface area contributed by atoms with Crippen LogP contribution in [-0.4, -0.2) is 4.98 Å². The third-order valence-electron chi connectivity index (χ3n) is 2.61. The fourth-order valence-electron chi connectivity index (χ4n) is 1.69. The van der Waals surface area contributed by atoms with E-state index >= 15 is 0 Å². The second-order valence-corrected chi connectivity index (χ2v) is 6.15. The van der Waals surface area contributed by atoms with Crippen molar-refractivity contribution in [3.05, 3.63) is 55.9 Å². The van der Waals surface area contributed by atoms with Crippen LogP contribution in [0.4, 0.5) is 10.1 Å². The topological polar surface area (TPSA) is 24.9 Å². The van der Waals surface area contributed by atoms with Crippen molar-refractivity contribution in [3.63, 3.8) is 0 Å². The van der Waals surface area contributed by atoms with Crippen molar-refractivity contribution in [2.75, 3.05) is 5.32 Å². The molecular formula is C13H10Br2ClFN2. The molecule has 2 nitrogen and oxygen atoms in total. The summed E-state index contributed by atoms with van der Waals surface area (Å²) in [6.45, 7) is 1.97. The molecule has 6 heteroatoms. The van der Waals surface area contributed by atoms with Gasteiger partial charge in [0.1, 0.15) is 5.82 Å². The second-order valence-electron chi connectivity index (χ2n) is 4.02. The van der Waals surface area contributed by atoms with Crippen molar-refractivity contribution in [3.8, 4) is 0 Å². The highest BCUT2D eigenvalue weighted by Crippen LogP contribution is 2.30. The number of hydrogen-bond acceptors (Lipinski definition) is 2. The molecule has 1 heterocycles. The fraction of sp³-hybridized carbons (Fsp3) is 0.154. The van der Waals surface area contributed by atoms with Crippen LogP contribution in [0.15, 0.2) is 39.4 Å². The maximum absolute atomic E-state index is 13.1. The Bertz CT molecular complexity index is 607. The Hall–Kier alpha value is -0.650. The summed E-state index contributed by atoms with van der Waals surface area (Å²) in [5.41, 5.74) is 1.66.